The second-order valence-corrected chi connectivity index (χ2v) is 6.57. The van der Waals surface area contributed by atoms with Gasteiger partial charge in [-0.25, -0.2) is 0 Å². The minimum Gasteiger partial charge on any atom is -0.466 e. The van der Waals surface area contributed by atoms with E-state index in [1.807, 2.05) is 37.4 Å². The molecule has 1 aliphatic heterocycles. The number of likely N-dealkylation sites (tertiary alicyclic amines) is 1. The molecule has 2 rings (SSSR count). The number of para-hydroxylation sites is 1. The summed E-state index contributed by atoms with van der Waals surface area (Å²) in [5.41, 5.74) is 0.850. The number of hydrogen-bond acceptors (Lipinski definition) is 4. The van der Waals surface area contributed by atoms with Gasteiger partial charge in [0.1, 0.15) is 5.92 Å². The van der Waals surface area contributed by atoms with Crippen LogP contribution in [0, 0.1) is 5.92 Å². The maximum absolute atomic E-state index is 12.3. The number of thioether (sulfide) groups is 1. The fourth-order valence-corrected chi connectivity index (χ4v) is 3.50. The van der Waals surface area contributed by atoms with Crippen LogP contribution in [0.3, 0.4) is 0 Å². The van der Waals surface area contributed by atoms with Gasteiger partial charge in [0.15, 0.2) is 6.54 Å². The summed E-state index contributed by atoms with van der Waals surface area (Å²) in [5.74, 6) is -0.214. The Balaban J connectivity index is 1.88. The van der Waals surface area contributed by atoms with Crippen LogP contribution >= 0.6 is 11.8 Å². The summed E-state index contributed by atoms with van der Waals surface area (Å²) < 4.78 is 5.11. The number of piperidine rings is 1. The zero-order valence-corrected chi connectivity index (χ0v) is 14.6. The Morgan fingerprint density at radius 2 is 2.17 bits per heavy atom. The van der Waals surface area contributed by atoms with Gasteiger partial charge in [0, 0.05) is 4.90 Å². The topological polar surface area (TPSA) is 59.8 Å². The third kappa shape index (κ3) is 5.25. The first-order valence-corrected chi connectivity index (χ1v) is 9.29. The molecule has 1 amide bonds. The molecular formula is C17H25N2O3S+. The molecule has 126 valence electrons. The van der Waals surface area contributed by atoms with Gasteiger partial charge in [-0.05, 0) is 38.2 Å². The monoisotopic (exact) mass is 337 g/mol. The van der Waals surface area contributed by atoms with E-state index in [1.165, 1.54) is 0 Å². The number of hydrogen-bond donors (Lipinski definition) is 2. The zero-order valence-electron chi connectivity index (χ0n) is 13.8. The second-order valence-electron chi connectivity index (χ2n) is 5.72. The van der Waals surface area contributed by atoms with Crippen molar-refractivity contribution >= 4 is 29.3 Å². The van der Waals surface area contributed by atoms with E-state index in [-0.39, 0.29) is 17.8 Å². The van der Waals surface area contributed by atoms with Crippen LogP contribution in [0.4, 0.5) is 5.69 Å². The first kappa shape index (κ1) is 17.8. The molecule has 0 bridgehead atoms. The molecule has 1 aromatic carbocycles. The lowest BCUT2D eigenvalue weighted by molar-refractivity contribution is -0.899. The van der Waals surface area contributed by atoms with Gasteiger partial charge in [-0.1, -0.05) is 12.1 Å². The van der Waals surface area contributed by atoms with Crippen molar-refractivity contribution in [1.29, 1.82) is 0 Å². The Bertz CT molecular complexity index is 550. The van der Waals surface area contributed by atoms with Gasteiger partial charge >= 0.3 is 5.97 Å². The molecule has 1 fully saturated rings. The van der Waals surface area contributed by atoms with Crippen molar-refractivity contribution < 1.29 is 19.2 Å². The van der Waals surface area contributed by atoms with E-state index in [4.69, 9.17) is 4.74 Å². The first-order valence-electron chi connectivity index (χ1n) is 8.07. The fraction of sp³-hybridized carbons (Fsp3) is 0.529. The van der Waals surface area contributed by atoms with E-state index >= 15 is 0 Å². The summed E-state index contributed by atoms with van der Waals surface area (Å²) in [7, 11) is 0. The highest BCUT2D eigenvalue weighted by Gasteiger charge is 2.30. The van der Waals surface area contributed by atoms with E-state index in [1.54, 1.807) is 11.8 Å². The Kier molecular flexibility index (Phi) is 6.92. The summed E-state index contributed by atoms with van der Waals surface area (Å²) in [6.45, 7) is 4.22. The Labute approximate surface area is 141 Å². The molecular weight excluding hydrogens is 312 g/mol. The summed E-state index contributed by atoms with van der Waals surface area (Å²) in [5, 5.41) is 2.98. The van der Waals surface area contributed by atoms with Gasteiger partial charge in [-0.15, -0.1) is 11.8 Å². The van der Waals surface area contributed by atoms with Crippen LogP contribution in [-0.2, 0) is 14.3 Å². The normalized spacial score (nSPS) is 20.8. The molecule has 1 aromatic rings. The number of rotatable bonds is 6. The molecule has 1 unspecified atom stereocenters. The number of esters is 1. The summed E-state index contributed by atoms with van der Waals surface area (Å²) in [6, 6.07) is 7.78. The Hall–Kier alpha value is -1.53. The summed E-state index contributed by atoms with van der Waals surface area (Å²) in [4.78, 5) is 26.4. The standard InChI is InChI=1S/C17H24N2O3S/c1-3-22-17(21)13-7-6-10-19(11-13)12-16(20)18-14-8-4-5-9-15(14)23-2/h4-5,8-9,13H,3,6-7,10-12H2,1-2H3,(H,18,20)/p+1/t13-/m1/s1. The fourth-order valence-electron chi connectivity index (χ4n) is 2.94. The highest BCUT2D eigenvalue weighted by Crippen LogP contribution is 2.24. The highest BCUT2D eigenvalue weighted by atomic mass is 32.2. The molecule has 0 aliphatic carbocycles. The zero-order chi connectivity index (χ0) is 16.7. The van der Waals surface area contributed by atoms with Crippen molar-refractivity contribution in [3.05, 3.63) is 24.3 Å². The maximum atomic E-state index is 12.3. The van der Waals surface area contributed by atoms with Crippen LogP contribution in [0.2, 0.25) is 0 Å². The predicted octanol–water partition coefficient (Wildman–Crippen LogP) is 1.20. The molecule has 1 heterocycles. The number of anilines is 1. The second kappa shape index (κ2) is 8.93. The van der Waals surface area contributed by atoms with Gasteiger partial charge in [-0.3, -0.25) is 9.59 Å². The largest absolute Gasteiger partial charge is 0.466 e. The summed E-state index contributed by atoms with van der Waals surface area (Å²) >= 11 is 1.61. The molecule has 5 nitrogen and oxygen atoms in total. The predicted molar refractivity (Wildman–Crippen MR) is 91.8 cm³/mol. The lowest BCUT2D eigenvalue weighted by Gasteiger charge is -2.28. The molecule has 0 saturated carbocycles. The first-order chi connectivity index (χ1) is 11.1. The van der Waals surface area contributed by atoms with Crippen LogP contribution in [0.5, 0.6) is 0 Å². The van der Waals surface area contributed by atoms with Crippen LogP contribution in [0.15, 0.2) is 29.2 Å². The van der Waals surface area contributed by atoms with Crippen LogP contribution < -0.4 is 10.2 Å². The molecule has 2 atom stereocenters. The van der Waals surface area contributed by atoms with Crippen molar-refractivity contribution in [2.75, 3.05) is 37.8 Å². The lowest BCUT2D eigenvalue weighted by Crippen LogP contribution is -3.14. The van der Waals surface area contributed by atoms with Crippen LogP contribution in [-0.4, -0.2) is 44.4 Å². The van der Waals surface area contributed by atoms with Crippen LogP contribution in [0.1, 0.15) is 19.8 Å². The van der Waals surface area contributed by atoms with E-state index in [0.717, 1.165) is 34.9 Å². The summed E-state index contributed by atoms with van der Waals surface area (Å²) in [6.07, 6.45) is 3.80. The number of quaternary nitrogens is 1. The average molecular weight is 337 g/mol. The van der Waals surface area contributed by atoms with Gasteiger partial charge < -0.3 is 15.0 Å². The van der Waals surface area contributed by atoms with E-state index in [9.17, 15) is 9.59 Å². The van der Waals surface area contributed by atoms with Crippen molar-refractivity contribution in [3.63, 3.8) is 0 Å². The molecule has 1 saturated heterocycles. The van der Waals surface area contributed by atoms with Crippen LogP contribution in [0.25, 0.3) is 0 Å². The number of ether oxygens (including phenoxy) is 1. The average Bonchev–Trinajstić information content (AvgIpc) is 2.55. The van der Waals surface area contributed by atoms with E-state index in [2.05, 4.69) is 5.32 Å². The van der Waals surface area contributed by atoms with Gasteiger partial charge in [0.25, 0.3) is 5.91 Å². The number of amides is 1. The number of carbonyl (C=O) groups excluding carboxylic acids is 2. The van der Waals surface area contributed by atoms with Crippen molar-refractivity contribution in [2.45, 2.75) is 24.7 Å². The van der Waals surface area contributed by atoms with Gasteiger partial charge in [0.2, 0.25) is 0 Å². The molecule has 2 N–H and O–H groups in total. The smallest absolute Gasteiger partial charge is 0.314 e. The molecule has 6 heteroatoms. The van der Waals surface area contributed by atoms with E-state index in [0.29, 0.717) is 19.7 Å². The SMILES string of the molecule is CCOC(=O)[C@@H]1CCC[NH+](CC(=O)Nc2ccccc2SC)C1. The molecule has 23 heavy (non-hydrogen) atoms. The minimum atomic E-state index is -0.127. The third-order valence-electron chi connectivity index (χ3n) is 4.03. The van der Waals surface area contributed by atoms with Gasteiger partial charge in [-0.2, -0.15) is 0 Å². The Morgan fingerprint density at radius 1 is 1.39 bits per heavy atom. The molecule has 0 spiro atoms. The molecule has 0 radical (unpaired) electrons. The van der Waals surface area contributed by atoms with Crippen molar-refractivity contribution in [2.24, 2.45) is 5.92 Å². The quantitative estimate of drug-likeness (QED) is 0.605. The highest BCUT2D eigenvalue weighted by molar-refractivity contribution is 7.98. The Morgan fingerprint density at radius 3 is 2.91 bits per heavy atom. The molecule has 0 aromatic heterocycles. The number of carbonyl (C=O) groups is 2. The maximum Gasteiger partial charge on any atom is 0.314 e. The molecule has 1 aliphatic rings. The third-order valence-corrected chi connectivity index (χ3v) is 4.83. The number of benzene rings is 1. The number of nitrogens with one attached hydrogen (secondary N) is 2. The van der Waals surface area contributed by atoms with E-state index < -0.39 is 0 Å². The minimum absolute atomic E-state index is 0.00833. The van der Waals surface area contributed by atoms with Crippen molar-refractivity contribution in [3.8, 4) is 0 Å². The lowest BCUT2D eigenvalue weighted by atomic mass is 9.98. The van der Waals surface area contributed by atoms with Gasteiger partial charge in [0.05, 0.1) is 25.4 Å². The van der Waals surface area contributed by atoms with Crippen molar-refractivity contribution in [1.82, 2.24) is 0 Å².